The lowest BCUT2D eigenvalue weighted by molar-refractivity contribution is -0.150. The van der Waals surface area contributed by atoms with Gasteiger partial charge >= 0.3 is 5.97 Å². The summed E-state index contributed by atoms with van der Waals surface area (Å²) >= 11 is 0. The van der Waals surface area contributed by atoms with Crippen LogP contribution >= 0.6 is 0 Å². The molecule has 2 N–H and O–H groups in total. The Balaban J connectivity index is 1.43. The molecular formula is C23H20N2O5. The Bertz CT molecular complexity index is 1010. The first-order chi connectivity index (χ1) is 14.6. The number of hydrogen-bond acceptors (Lipinski definition) is 5. The Morgan fingerprint density at radius 1 is 0.700 bits per heavy atom. The third kappa shape index (κ3) is 5.93. The Kier molecular flexibility index (Phi) is 7.16. The first-order valence-corrected chi connectivity index (χ1v) is 9.20. The molecule has 0 aliphatic rings. The zero-order chi connectivity index (χ0) is 21.2. The predicted molar refractivity (Wildman–Crippen MR) is 110 cm³/mol. The van der Waals surface area contributed by atoms with Gasteiger partial charge in [-0.15, -0.1) is 0 Å². The molecule has 0 aliphatic heterocycles. The fraction of sp³-hybridized carbons (Fsp3) is 0.0870. The molecule has 0 saturated carbocycles. The van der Waals surface area contributed by atoms with Crippen LogP contribution < -0.4 is 15.6 Å². The van der Waals surface area contributed by atoms with Crippen molar-refractivity contribution >= 4 is 17.8 Å². The number of amides is 2. The molecule has 0 atom stereocenters. The van der Waals surface area contributed by atoms with Gasteiger partial charge in [0.05, 0.1) is 0 Å². The van der Waals surface area contributed by atoms with Crippen LogP contribution in [-0.4, -0.2) is 31.0 Å². The molecule has 3 aromatic carbocycles. The second kappa shape index (κ2) is 10.4. The third-order valence-electron chi connectivity index (χ3n) is 4.03. The molecule has 0 heterocycles. The molecule has 3 aromatic rings. The number of carbonyl (C=O) groups excluding carboxylic acids is 3. The minimum atomic E-state index is -0.706. The molecule has 0 unspecified atom stereocenters. The van der Waals surface area contributed by atoms with Gasteiger partial charge in [-0.3, -0.25) is 20.4 Å². The fourth-order valence-corrected chi connectivity index (χ4v) is 2.60. The van der Waals surface area contributed by atoms with Gasteiger partial charge < -0.3 is 9.47 Å². The summed E-state index contributed by atoms with van der Waals surface area (Å²) in [5.41, 5.74) is 6.61. The first kappa shape index (κ1) is 20.6. The molecule has 7 heteroatoms. The van der Waals surface area contributed by atoms with Crippen molar-refractivity contribution < 1.29 is 23.9 Å². The van der Waals surface area contributed by atoms with Crippen LogP contribution in [0.3, 0.4) is 0 Å². The van der Waals surface area contributed by atoms with E-state index in [4.69, 9.17) is 9.47 Å². The second-order valence-electron chi connectivity index (χ2n) is 6.18. The summed E-state index contributed by atoms with van der Waals surface area (Å²) in [6, 6.07) is 25.3. The predicted octanol–water partition coefficient (Wildman–Crippen LogP) is 2.74. The molecule has 0 aliphatic carbocycles. The molecule has 0 bridgehead atoms. The lowest BCUT2D eigenvalue weighted by Crippen LogP contribution is -2.43. The molecule has 0 saturated heterocycles. The molecule has 7 nitrogen and oxygen atoms in total. The lowest BCUT2D eigenvalue weighted by atomic mass is 10.1. The van der Waals surface area contributed by atoms with Crippen LogP contribution in [0.4, 0.5) is 0 Å². The highest BCUT2D eigenvalue weighted by Gasteiger charge is 2.12. The highest BCUT2D eigenvalue weighted by atomic mass is 16.6. The largest absolute Gasteiger partial charge is 0.481 e. The van der Waals surface area contributed by atoms with Crippen LogP contribution in [-0.2, 0) is 14.3 Å². The zero-order valence-corrected chi connectivity index (χ0v) is 16.0. The number of carbonyl (C=O) groups is 3. The summed E-state index contributed by atoms with van der Waals surface area (Å²) in [6.07, 6.45) is 0. The Morgan fingerprint density at radius 3 is 2.07 bits per heavy atom. The number of benzene rings is 3. The Labute approximate surface area is 173 Å². The SMILES string of the molecule is O=C(COC(=O)COc1ccccc1-c1ccccc1)NNC(=O)c1ccccc1. The van der Waals surface area contributed by atoms with E-state index in [0.717, 1.165) is 11.1 Å². The van der Waals surface area contributed by atoms with Crippen LogP contribution in [0.15, 0.2) is 84.9 Å². The highest BCUT2D eigenvalue weighted by Crippen LogP contribution is 2.29. The zero-order valence-electron chi connectivity index (χ0n) is 16.0. The van der Waals surface area contributed by atoms with Gasteiger partial charge in [0.1, 0.15) is 5.75 Å². The van der Waals surface area contributed by atoms with Crippen molar-refractivity contribution in [2.75, 3.05) is 13.2 Å². The monoisotopic (exact) mass is 404 g/mol. The number of nitrogens with one attached hydrogen (secondary N) is 2. The first-order valence-electron chi connectivity index (χ1n) is 9.20. The Morgan fingerprint density at radius 2 is 1.33 bits per heavy atom. The van der Waals surface area contributed by atoms with Crippen LogP contribution in [0.5, 0.6) is 5.75 Å². The number of ether oxygens (including phenoxy) is 2. The highest BCUT2D eigenvalue weighted by molar-refractivity contribution is 5.95. The van der Waals surface area contributed by atoms with E-state index in [2.05, 4.69) is 10.9 Å². The molecular weight excluding hydrogens is 384 g/mol. The van der Waals surface area contributed by atoms with E-state index in [1.54, 1.807) is 42.5 Å². The van der Waals surface area contributed by atoms with Crippen molar-refractivity contribution in [2.24, 2.45) is 0 Å². The van der Waals surface area contributed by atoms with Crippen molar-refractivity contribution in [2.45, 2.75) is 0 Å². The van der Waals surface area contributed by atoms with E-state index in [1.807, 2.05) is 42.5 Å². The van der Waals surface area contributed by atoms with Gasteiger partial charge in [-0.05, 0) is 23.8 Å². The summed E-state index contributed by atoms with van der Waals surface area (Å²) in [5, 5.41) is 0. The van der Waals surface area contributed by atoms with Crippen molar-refractivity contribution in [3.63, 3.8) is 0 Å². The number of hydrazine groups is 1. The van der Waals surface area contributed by atoms with Gasteiger partial charge in [0.2, 0.25) is 0 Å². The topological polar surface area (TPSA) is 93.7 Å². The molecule has 152 valence electrons. The lowest BCUT2D eigenvalue weighted by Gasteiger charge is -2.11. The number of rotatable bonds is 7. The third-order valence-corrected chi connectivity index (χ3v) is 4.03. The average Bonchev–Trinajstić information content (AvgIpc) is 2.81. The molecule has 0 spiro atoms. The van der Waals surface area contributed by atoms with Gasteiger partial charge in [-0.2, -0.15) is 0 Å². The Hall–Kier alpha value is -4.13. The van der Waals surface area contributed by atoms with Gasteiger partial charge in [-0.1, -0.05) is 66.7 Å². The van der Waals surface area contributed by atoms with Crippen LogP contribution in [0.2, 0.25) is 0 Å². The molecule has 2 amide bonds. The van der Waals surface area contributed by atoms with Crippen LogP contribution in [0, 0.1) is 0 Å². The van der Waals surface area contributed by atoms with E-state index in [9.17, 15) is 14.4 Å². The van der Waals surface area contributed by atoms with Crippen molar-refractivity contribution in [3.05, 3.63) is 90.5 Å². The van der Waals surface area contributed by atoms with Gasteiger partial charge in [0.15, 0.2) is 13.2 Å². The van der Waals surface area contributed by atoms with Crippen molar-refractivity contribution in [1.82, 2.24) is 10.9 Å². The number of esters is 1. The molecule has 0 fully saturated rings. The summed E-state index contributed by atoms with van der Waals surface area (Å²) in [6.45, 7) is -0.898. The standard InChI is InChI=1S/C23H20N2O5/c26-21(24-25-23(28)18-11-5-2-6-12-18)15-30-22(27)16-29-20-14-8-7-13-19(20)17-9-3-1-4-10-17/h1-14H,15-16H2,(H,24,26)(H,25,28). The summed E-state index contributed by atoms with van der Waals surface area (Å²) < 4.78 is 10.4. The smallest absolute Gasteiger partial charge is 0.344 e. The van der Waals surface area contributed by atoms with Crippen molar-refractivity contribution in [1.29, 1.82) is 0 Å². The summed E-state index contributed by atoms with van der Waals surface area (Å²) in [4.78, 5) is 35.5. The van der Waals surface area contributed by atoms with E-state index >= 15 is 0 Å². The molecule has 0 radical (unpaired) electrons. The maximum atomic E-state index is 11.9. The van der Waals surface area contributed by atoms with E-state index in [1.165, 1.54) is 0 Å². The van der Waals surface area contributed by atoms with Crippen molar-refractivity contribution in [3.8, 4) is 16.9 Å². The van der Waals surface area contributed by atoms with E-state index < -0.39 is 24.4 Å². The van der Waals surface area contributed by atoms with Crippen LogP contribution in [0.1, 0.15) is 10.4 Å². The van der Waals surface area contributed by atoms with Gasteiger partial charge in [0.25, 0.3) is 11.8 Å². The summed E-state index contributed by atoms with van der Waals surface area (Å²) in [5.74, 6) is -1.32. The average molecular weight is 404 g/mol. The maximum Gasteiger partial charge on any atom is 0.344 e. The van der Waals surface area contributed by atoms with Crippen LogP contribution in [0.25, 0.3) is 11.1 Å². The number of para-hydroxylation sites is 1. The van der Waals surface area contributed by atoms with Gasteiger partial charge in [0, 0.05) is 11.1 Å². The minimum Gasteiger partial charge on any atom is -0.481 e. The summed E-state index contributed by atoms with van der Waals surface area (Å²) in [7, 11) is 0. The molecule has 30 heavy (non-hydrogen) atoms. The van der Waals surface area contributed by atoms with E-state index in [-0.39, 0.29) is 6.61 Å². The molecule has 0 aromatic heterocycles. The fourth-order valence-electron chi connectivity index (χ4n) is 2.60. The second-order valence-corrected chi connectivity index (χ2v) is 6.18. The molecule has 3 rings (SSSR count). The minimum absolute atomic E-state index is 0.354. The quantitative estimate of drug-likeness (QED) is 0.467. The van der Waals surface area contributed by atoms with Gasteiger partial charge in [-0.25, -0.2) is 4.79 Å². The van der Waals surface area contributed by atoms with E-state index in [0.29, 0.717) is 11.3 Å². The number of hydrogen-bond donors (Lipinski definition) is 2. The maximum absolute atomic E-state index is 11.9. The normalized spacial score (nSPS) is 10.0.